The number of halogens is 5. The Hall–Kier alpha value is -8.43. The summed E-state index contributed by atoms with van der Waals surface area (Å²) in [5, 5.41) is 68.6. The molecule has 0 radical (unpaired) electrons. The first kappa shape index (κ1) is 95.4. The van der Waals surface area contributed by atoms with Crippen LogP contribution in [0, 0.1) is 67.2 Å². The van der Waals surface area contributed by atoms with E-state index in [4.69, 9.17) is 5.11 Å². The Labute approximate surface area is 685 Å². The topological polar surface area (TPSA) is 142 Å². The third-order valence-electron chi connectivity index (χ3n) is 22.0. The second-order valence-electron chi connectivity index (χ2n) is 32.0. The molecule has 3 aliphatic carbocycles. The zero-order valence-electron chi connectivity index (χ0n) is 70.0. The van der Waals surface area contributed by atoms with Crippen molar-refractivity contribution in [2.75, 3.05) is 0 Å². The molecule has 0 saturated heterocycles. The van der Waals surface area contributed by atoms with E-state index in [0.717, 1.165) is 81.7 Å². The maximum Gasteiger partial charge on any atom is 0.421 e. The van der Waals surface area contributed by atoms with Gasteiger partial charge in [-0.15, -0.1) is 0 Å². The highest BCUT2D eigenvalue weighted by Crippen LogP contribution is 2.44. The minimum absolute atomic E-state index is 0.0725. The van der Waals surface area contributed by atoms with E-state index in [1.165, 1.54) is 122 Å². The van der Waals surface area contributed by atoms with Gasteiger partial charge in [-0.2, -0.15) is 13.2 Å². The van der Waals surface area contributed by atoms with Gasteiger partial charge in [-0.3, -0.25) is 0 Å². The van der Waals surface area contributed by atoms with E-state index < -0.39 is 41.6 Å². The van der Waals surface area contributed by atoms with Crippen molar-refractivity contribution in [1.82, 2.24) is 0 Å². The maximum atomic E-state index is 13.5. The molecule has 115 heavy (non-hydrogen) atoms. The van der Waals surface area contributed by atoms with Crippen molar-refractivity contribution in [3.8, 4) is 0 Å². The van der Waals surface area contributed by atoms with Crippen LogP contribution in [0.5, 0.6) is 0 Å². The van der Waals surface area contributed by atoms with Crippen LogP contribution >= 0.6 is 0 Å². The van der Waals surface area contributed by atoms with Gasteiger partial charge < -0.3 is 35.7 Å². The van der Waals surface area contributed by atoms with Crippen LogP contribution in [0.2, 0.25) is 0 Å². The molecule has 7 nitrogen and oxygen atoms in total. The van der Waals surface area contributed by atoms with E-state index in [1.807, 2.05) is 187 Å². The number of rotatable bonds is 21. The number of unbranched alkanes of at least 4 members (excludes halogenated alkanes) is 3. The fourth-order valence-electron chi connectivity index (χ4n) is 14.1. The van der Waals surface area contributed by atoms with Gasteiger partial charge in [-0.1, -0.05) is 384 Å². The normalized spacial score (nSPS) is 15.4. The van der Waals surface area contributed by atoms with Gasteiger partial charge in [0.25, 0.3) is 5.92 Å². The predicted molar refractivity (Wildman–Crippen MR) is 464 cm³/mol. The van der Waals surface area contributed by atoms with E-state index in [0.29, 0.717) is 38.0 Å². The molecular formula is C103H131F5O7. The van der Waals surface area contributed by atoms with Gasteiger partial charge >= 0.3 is 6.18 Å². The summed E-state index contributed by atoms with van der Waals surface area (Å²) >= 11 is 0. The lowest BCUT2D eigenvalue weighted by molar-refractivity contribution is -0.269. The van der Waals surface area contributed by atoms with E-state index >= 15 is 0 Å². The Morgan fingerprint density at radius 3 is 1.19 bits per heavy atom. The average molecular weight is 1580 g/mol. The minimum atomic E-state index is -4.64. The molecule has 0 spiro atoms. The third-order valence-corrected chi connectivity index (χ3v) is 22.0. The highest BCUT2D eigenvalue weighted by molar-refractivity contribution is 5.34. The Balaban J connectivity index is 0.000000205. The SMILES string of the molecule is CCCCC(F)(F)C(O)c1ccc(C)cc1.CCCCCC(O)(c1ccc(C)cc1)C(F)(F)F.Cc1ccc(C(O)C2CCCCC2)cc1.Cc1ccc(C(O)Cc2ccccc2)cc1.Cc1ccc(C(O)c2ccccc2)cc1.Cc1ccc(C2(O)CCC2)cc1.Cc1ccc(CC2CCCCC2)cc1.Cc1ccc(CO)cc1. The summed E-state index contributed by atoms with van der Waals surface area (Å²) in [4.78, 5) is 0. The number of aliphatic hydroxyl groups is 7. The Kier molecular flexibility index (Phi) is 41.1. The molecule has 5 atom stereocenters. The van der Waals surface area contributed by atoms with Crippen LogP contribution in [0.4, 0.5) is 22.0 Å². The van der Waals surface area contributed by atoms with Crippen LogP contribution in [0.15, 0.2) is 255 Å². The smallest absolute Gasteiger partial charge is 0.392 e. The molecule has 620 valence electrons. The highest BCUT2D eigenvalue weighted by atomic mass is 19.4. The molecular weight excluding hydrogens is 1440 g/mol. The Morgan fingerprint density at radius 2 is 0.765 bits per heavy atom. The monoisotopic (exact) mass is 1570 g/mol. The van der Waals surface area contributed by atoms with Gasteiger partial charge in [0.2, 0.25) is 0 Å². The summed E-state index contributed by atoms with van der Waals surface area (Å²) in [6, 6.07) is 81.6. The molecule has 0 bridgehead atoms. The number of benzene rings is 10. The van der Waals surface area contributed by atoms with Crippen molar-refractivity contribution in [3.63, 3.8) is 0 Å². The van der Waals surface area contributed by atoms with Gasteiger partial charge in [0.05, 0.1) is 24.4 Å². The first-order chi connectivity index (χ1) is 55.0. The summed E-state index contributed by atoms with van der Waals surface area (Å²) in [5.74, 6) is -1.58. The predicted octanol–water partition coefficient (Wildman–Crippen LogP) is 26.1. The molecule has 7 N–H and O–H groups in total. The second-order valence-corrected chi connectivity index (χ2v) is 32.0. The molecule has 0 aliphatic heterocycles. The summed E-state index contributed by atoms with van der Waals surface area (Å²) in [6.45, 7) is 20.0. The lowest BCUT2D eigenvalue weighted by Crippen LogP contribution is -2.42. The number of hydrogen-bond donors (Lipinski definition) is 7. The molecule has 0 heterocycles. The standard InChI is InChI=1S/C15H16O.C14H19F3O.C14H20O.C14H14O.C14H20.C13H18F2O.C11H14O.C8H10O/c1-12-7-9-14(10-8-12)15(16)11-13-5-3-2-4-6-13;1-3-4-5-10-13(18,14(15,16)17)12-8-6-11(2)7-9-12;2*1-11-7-9-13(10-8-11)14(15)12-5-3-2-4-6-12;1-12-7-9-14(10-8-12)11-13-5-3-2-4-6-13;1-3-4-9-13(14,15)12(16)11-7-5-10(2)6-8-11;1-9-3-5-10(6-4-9)11(12)7-2-8-11;1-7-2-4-8(6-9)5-3-7/h2-10,15-16H,11H2,1H3;6-9,18H,3-5,10H2,1-2H3;7-10,12,14-15H,2-6H2,1H3;2-10,14-15H,1H3;7-10,13H,2-6,11H2,1H3;5-8,12,16H,3-4,9H2,1-2H3;3-6,12H,2,7-8H2,1H3;2-5,9H,6H2,1H3. The lowest BCUT2D eigenvalue weighted by Gasteiger charge is -2.37. The van der Waals surface area contributed by atoms with Crippen molar-refractivity contribution in [2.24, 2.45) is 11.8 Å². The Bertz CT molecular complexity index is 4200. The molecule has 10 aromatic carbocycles. The van der Waals surface area contributed by atoms with Crippen molar-refractivity contribution < 1.29 is 57.7 Å². The summed E-state index contributed by atoms with van der Waals surface area (Å²) in [5.41, 5.74) is 15.1. The average Bonchev–Trinajstić information content (AvgIpc) is 0.778. The first-order valence-corrected chi connectivity index (χ1v) is 41.8. The van der Waals surface area contributed by atoms with E-state index in [1.54, 1.807) is 43.3 Å². The van der Waals surface area contributed by atoms with Crippen LogP contribution in [-0.2, 0) is 30.7 Å². The second kappa shape index (κ2) is 49.6. The summed E-state index contributed by atoms with van der Waals surface area (Å²) in [6.07, 6.45) is 13.5. The van der Waals surface area contributed by atoms with Crippen LogP contribution in [0.1, 0.15) is 267 Å². The minimum Gasteiger partial charge on any atom is -0.392 e. The molecule has 13 rings (SSSR count). The molecule has 12 heteroatoms. The zero-order chi connectivity index (χ0) is 83.8. The van der Waals surface area contributed by atoms with Gasteiger partial charge in [0, 0.05) is 12.8 Å². The van der Waals surface area contributed by atoms with Crippen LogP contribution < -0.4 is 0 Å². The zero-order valence-corrected chi connectivity index (χ0v) is 70.0. The summed E-state index contributed by atoms with van der Waals surface area (Å²) < 4.78 is 66.3. The van der Waals surface area contributed by atoms with E-state index in [-0.39, 0.29) is 36.7 Å². The highest BCUT2D eigenvalue weighted by Gasteiger charge is 2.54. The molecule has 10 aromatic rings. The molecule has 3 aliphatic rings. The fourth-order valence-corrected chi connectivity index (χ4v) is 14.1. The van der Waals surface area contributed by atoms with Crippen LogP contribution in [-0.4, -0.2) is 47.8 Å². The molecule has 3 fully saturated rings. The van der Waals surface area contributed by atoms with Gasteiger partial charge in [-0.25, -0.2) is 8.78 Å². The van der Waals surface area contributed by atoms with Crippen molar-refractivity contribution in [3.05, 3.63) is 355 Å². The van der Waals surface area contributed by atoms with E-state index in [9.17, 15) is 52.6 Å². The van der Waals surface area contributed by atoms with Crippen molar-refractivity contribution in [1.29, 1.82) is 0 Å². The molecule has 3 saturated carbocycles. The maximum absolute atomic E-state index is 13.5. The number of aliphatic hydroxyl groups excluding tert-OH is 5. The fraction of sp³-hybridized carbons (Fsp3) is 0.417. The van der Waals surface area contributed by atoms with Gasteiger partial charge in [0.1, 0.15) is 12.2 Å². The number of hydrogen-bond acceptors (Lipinski definition) is 7. The molecule has 5 unspecified atom stereocenters. The summed E-state index contributed by atoms with van der Waals surface area (Å²) in [7, 11) is 0. The van der Waals surface area contributed by atoms with Crippen LogP contribution in [0.3, 0.4) is 0 Å². The van der Waals surface area contributed by atoms with Crippen molar-refractivity contribution >= 4 is 0 Å². The van der Waals surface area contributed by atoms with E-state index in [2.05, 4.69) is 81.4 Å². The number of alkyl halides is 5. The van der Waals surface area contributed by atoms with Gasteiger partial charge in [0.15, 0.2) is 5.60 Å². The molecule has 0 amide bonds. The largest absolute Gasteiger partial charge is 0.421 e. The number of aryl methyl sites for hydroxylation is 8. The Morgan fingerprint density at radius 1 is 0.383 bits per heavy atom. The van der Waals surface area contributed by atoms with Crippen LogP contribution in [0.25, 0.3) is 0 Å². The van der Waals surface area contributed by atoms with Gasteiger partial charge in [-0.05, 0) is 181 Å². The lowest BCUT2D eigenvalue weighted by atomic mass is 9.75. The first-order valence-electron chi connectivity index (χ1n) is 41.8. The quantitative estimate of drug-likeness (QED) is 0.0281. The third kappa shape index (κ3) is 33.6. The molecule has 0 aromatic heterocycles. The van der Waals surface area contributed by atoms with Crippen molar-refractivity contribution in [2.45, 2.75) is 265 Å².